The van der Waals surface area contributed by atoms with E-state index in [0.29, 0.717) is 5.92 Å². The van der Waals surface area contributed by atoms with Crippen LogP contribution in [-0.4, -0.2) is 25.0 Å². The van der Waals surface area contributed by atoms with Gasteiger partial charge in [0.05, 0.1) is 0 Å². The van der Waals surface area contributed by atoms with E-state index < -0.39 is 0 Å². The molecule has 0 unspecified atom stereocenters. The normalized spacial score (nSPS) is 12.8. The number of hydrogen-bond acceptors (Lipinski definition) is 1. The largest absolute Gasteiger partial charge is 0.302 e. The van der Waals surface area contributed by atoms with Gasteiger partial charge in [0.2, 0.25) is 0 Å². The Labute approximate surface area is 101 Å². The highest BCUT2D eigenvalue weighted by atomic mass is 79.9. The molecule has 1 nitrogen and oxygen atoms in total. The molecule has 0 bridgehead atoms. The molecule has 0 aliphatic heterocycles. The summed E-state index contributed by atoms with van der Waals surface area (Å²) in [5.74, 6) is 0.558. The quantitative estimate of drug-likeness (QED) is 0.736. The standard InChI is InChI=1S/C13H18BrN/c1-4-9-15(3)10-11(2)12-5-7-13(14)8-6-12/h4-8,11H,1,9-10H2,2-3H3/t11-/m0/s1. The van der Waals surface area contributed by atoms with Crippen LogP contribution in [0, 0.1) is 0 Å². The zero-order valence-electron chi connectivity index (χ0n) is 9.41. The van der Waals surface area contributed by atoms with Crippen molar-refractivity contribution in [2.75, 3.05) is 20.1 Å². The Hall–Kier alpha value is -0.600. The lowest BCUT2D eigenvalue weighted by Gasteiger charge is -2.20. The van der Waals surface area contributed by atoms with Crippen molar-refractivity contribution >= 4 is 15.9 Å². The third-order valence-electron chi connectivity index (χ3n) is 2.47. The molecule has 0 saturated heterocycles. The number of likely N-dealkylation sites (N-methyl/N-ethyl adjacent to an activating group) is 1. The van der Waals surface area contributed by atoms with Gasteiger partial charge in [0.25, 0.3) is 0 Å². The number of nitrogens with zero attached hydrogens (tertiary/aromatic N) is 1. The van der Waals surface area contributed by atoms with E-state index in [1.165, 1.54) is 5.56 Å². The van der Waals surface area contributed by atoms with E-state index in [-0.39, 0.29) is 0 Å². The van der Waals surface area contributed by atoms with Gasteiger partial charge >= 0.3 is 0 Å². The summed E-state index contributed by atoms with van der Waals surface area (Å²) in [6.07, 6.45) is 1.94. The summed E-state index contributed by atoms with van der Waals surface area (Å²) in [5, 5.41) is 0. The SMILES string of the molecule is C=CCN(C)C[C@H](C)c1ccc(Br)cc1. The van der Waals surface area contributed by atoms with E-state index in [9.17, 15) is 0 Å². The molecule has 0 spiro atoms. The first-order chi connectivity index (χ1) is 7.13. The Morgan fingerprint density at radius 2 is 2.00 bits per heavy atom. The topological polar surface area (TPSA) is 3.24 Å². The van der Waals surface area contributed by atoms with Crippen LogP contribution in [0.2, 0.25) is 0 Å². The first kappa shape index (κ1) is 12.5. The first-order valence-corrected chi connectivity index (χ1v) is 5.97. The Morgan fingerprint density at radius 1 is 1.40 bits per heavy atom. The molecule has 0 N–H and O–H groups in total. The van der Waals surface area contributed by atoms with Crippen LogP contribution in [0.3, 0.4) is 0 Å². The summed E-state index contributed by atoms with van der Waals surface area (Å²) in [6.45, 7) is 8.01. The van der Waals surface area contributed by atoms with Crippen molar-refractivity contribution in [1.82, 2.24) is 4.90 Å². The molecule has 1 atom stereocenters. The van der Waals surface area contributed by atoms with Crippen LogP contribution in [0.5, 0.6) is 0 Å². The van der Waals surface area contributed by atoms with E-state index in [0.717, 1.165) is 17.6 Å². The van der Waals surface area contributed by atoms with Gasteiger partial charge in [-0.05, 0) is 30.7 Å². The molecule has 15 heavy (non-hydrogen) atoms. The fourth-order valence-electron chi connectivity index (χ4n) is 1.66. The number of rotatable bonds is 5. The molecular weight excluding hydrogens is 250 g/mol. The molecule has 1 rings (SSSR count). The molecule has 0 aliphatic rings. The number of hydrogen-bond donors (Lipinski definition) is 0. The van der Waals surface area contributed by atoms with Gasteiger partial charge in [-0.2, -0.15) is 0 Å². The Balaban J connectivity index is 2.56. The maximum Gasteiger partial charge on any atom is 0.0175 e. The summed E-state index contributed by atoms with van der Waals surface area (Å²) in [7, 11) is 2.12. The van der Waals surface area contributed by atoms with Crippen LogP contribution in [0.1, 0.15) is 18.4 Å². The Kier molecular flexibility index (Phi) is 5.06. The van der Waals surface area contributed by atoms with Gasteiger partial charge in [-0.3, -0.25) is 0 Å². The minimum atomic E-state index is 0.558. The van der Waals surface area contributed by atoms with Gasteiger partial charge in [-0.25, -0.2) is 0 Å². The lowest BCUT2D eigenvalue weighted by atomic mass is 10.0. The summed E-state index contributed by atoms with van der Waals surface area (Å²) < 4.78 is 1.14. The summed E-state index contributed by atoms with van der Waals surface area (Å²) in [4.78, 5) is 2.28. The van der Waals surface area contributed by atoms with E-state index in [4.69, 9.17) is 0 Å². The Morgan fingerprint density at radius 3 is 2.53 bits per heavy atom. The van der Waals surface area contributed by atoms with Crippen molar-refractivity contribution in [3.05, 3.63) is 47.0 Å². The average Bonchev–Trinajstić information content (AvgIpc) is 2.18. The van der Waals surface area contributed by atoms with Crippen molar-refractivity contribution in [2.45, 2.75) is 12.8 Å². The van der Waals surface area contributed by atoms with Crippen molar-refractivity contribution in [3.63, 3.8) is 0 Å². The summed E-state index contributed by atoms with van der Waals surface area (Å²) in [5.41, 5.74) is 1.38. The second-order valence-electron chi connectivity index (χ2n) is 3.96. The van der Waals surface area contributed by atoms with Gasteiger partial charge in [0.1, 0.15) is 0 Å². The van der Waals surface area contributed by atoms with E-state index in [1.807, 2.05) is 6.08 Å². The second-order valence-corrected chi connectivity index (χ2v) is 4.88. The highest BCUT2D eigenvalue weighted by Crippen LogP contribution is 2.18. The zero-order valence-corrected chi connectivity index (χ0v) is 11.0. The highest BCUT2D eigenvalue weighted by molar-refractivity contribution is 9.10. The van der Waals surface area contributed by atoms with Crippen molar-refractivity contribution in [3.8, 4) is 0 Å². The smallest absolute Gasteiger partial charge is 0.0175 e. The first-order valence-electron chi connectivity index (χ1n) is 5.18. The monoisotopic (exact) mass is 267 g/mol. The summed E-state index contributed by atoms with van der Waals surface area (Å²) in [6, 6.07) is 8.55. The van der Waals surface area contributed by atoms with Crippen LogP contribution in [0.25, 0.3) is 0 Å². The number of halogens is 1. The minimum Gasteiger partial charge on any atom is -0.302 e. The molecular formula is C13H18BrN. The highest BCUT2D eigenvalue weighted by Gasteiger charge is 2.07. The zero-order chi connectivity index (χ0) is 11.3. The average molecular weight is 268 g/mol. The fraction of sp³-hybridized carbons (Fsp3) is 0.385. The molecule has 1 aromatic rings. The second kappa shape index (κ2) is 6.09. The molecule has 2 heteroatoms. The van der Waals surface area contributed by atoms with Gasteiger partial charge in [0, 0.05) is 17.6 Å². The van der Waals surface area contributed by atoms with Crippen LogP contribution < -0.4 is 0 Å². The fourth-order valence-corrected chi connectivity index (χ4v) is 1.92. The molecule has 0 aromatic heterocycles. The molecule has 0 saturated carbocycles. The molecule has 0 amide bonds. The third kappa shape index (κ3) is 4.18. The Bertz CT molecular complexity index is 305. The van der Waals surface area contributed by atoms with E-state index >= 15 is 0 Å². The van der Waals surface area contributed by atoms with Crippen molar-refractivity contribution < 1.29 is 0 Å². The predicted octanol–water partition coefficient (Wildman–Crippen LogP) is 3.67. The van der Waals surface area contributed by atoms with Gasteiger partial charge in [-0.15, -0.1) is 6.58 Å². The molecule has 82 valence electrons. The van der Waals surface area contributed by atoms with Gasteiger partial charge < -0.3 is 4.90 Å². The van der Waals surface area contributed by atoms with Crippen molar-refractivity contribution in [2.24, 2.45) is 0 Å². The third-order valence-corrected chi connectivity index (χ3v) is 2.99. The lowest BCUT2D eigenvalue weighted by molar-refractivity contribution is 0.349. The summed E-state index contributed by atoms with van der Waals surface area (Å²) >= 11 is 3.45. The molecule has 0 aliphatic carbocycles. The predicted molar refractivity (Wildman–Crippen MR) is 70.3 cm³/mol. The van der Waals surface area contributed by atoms with Crippen LogP contribution >= 0.6 is 15.9 Å². The molecule has 0 radical (unpaired) electrons. The molecule has 0 heterocycles. The van der Waals surface area contributed by atoms with Gasteiger partial charge in [-0.1, -0.05) is 41.1 Å². The molecule has 0 fully saturated rings. The maximum absolute atomic E-state index is 3.74. The minimum absolute atomic E-state index is 0.558. The molecule has 1 aromatic carbocycles. The maximum atomic E-state index is 3.74. The van der Waals surface area contributed by atoms with Crippen molar-refractivity contribution in [1.29, 1.82) is 0 Å². The number of benzene rings is 1. The van der Waals surface area contributed by atoms with Gasteiger partial charge in [0.15, 0.2) is 0 Å². The van der Waals surface area contributed by atoms with E-state index in [2.05, 4.69) is 65.6 Å². The van der Waals surface area contributed by atoms with E-state index in [1.54, 1.807) is 0 Å². The van der Waals surface area contributed by atoms with Crippen LogP contribution in [0.15, 0.2) is 41.4 Å². The lowest BCUT2D eigenvalue weighted by Crippen LogP contribution is -2.23. The van der Waals surface area contributed by atoms with Crippen LogP contribution in [-0.2, 0) is 0 Å². The van der Waals surface area contributed by atoms with Crippen LogP contribution in [0.4, 0.5) is 0 Å².